The van der Waals surface area contributed by atoms with E-state index in [0.717, 1.165) is 0 Å². The third-order valence-corrected chi connectivity index (χ3v) is 3.11. The largest absolute Gasteiger partial charge is 0.271 e. The van der Waals surface area contributed by atoms with E-state index in [1.54, 1.807) is 13.2 Å². The van der Waals surface area contributed by atoms with Crippen LogP contribution in [-0.4, -0.2) is 15.0 Å². The number of aromatic nitrogens is 3. The van der Waals surface area contributed by atoms with Crippen LogP contribution >= 0.6 is 15.9 Å². The molecule has 0 radical (unpaired) electrons. The van der Waals surface area contributed by atoms with E-state index in [9.17, 15) is 8.78 Å². The highest BCUT2D eigenvalue weighted by Gasteiger charge is 2.21. The zero-order valence-electron chi connectivity index (χ0n) is 10.1. The molecule has 2 rings (SSSR count). The Kier molecular flexibility index (Phi) is 4.23. The van der Waals surface area contributed by atoms with E-state index in [4.69, 9.17) is 5.84 Å². The molecule has 0 aliphatic rings. The maximum atomic E-state index is 13.8. The van der Waals surface area contributed by atoms with Gasteiger partial charge >= 0.3 is 0 Å². The molecule has 0 aliphatic heterocycles. The Hall–Kier alpha value is -1.38. The Labute approximate surface area is 116 Å². The van der Waals surface area contributed by atoms with Crippen molar-refractivity contribution in [1.82, 2.24) is 20.4 Å². The normalized spacial score (nSPS) is 12.7. The van der Waals surface area contributed by atoms with Crippen LogP contribution in [0.1, 0.15) is 17.3 Å². The number of nitrogens with one attached hydrogen (secondary N) is 1. The van der Waals surface area contributed by atoms with Gasteiger partial charge in [0.2, 0.25) is 0 Å². The van der Waals surface area contributed by atoms with Crippen LogP contribution in [0.25, 0.3) is 0 Å². The first-order chi connectivity index (χ1) is 9.01. The second kappa shape index (κ2) is 5.72. The van der Waals surface area contributed by atoms with E-state index in [-0.39, 0.29) is 12.0 Å². The summed E-state index contributed by atoms with van der Waals surface area (Å²) >= 11 is 3.03. The Morgan fingerprint density at radius 2 is 2.05 bits per heavy atom. The fourth-order valence-corrected chi connectivity index (χ4v) is 2.23. The topological polar surface area (TPSA) is 68.8 Å². The molecular formula is C11H12BrF2N5. The molecule has 0 saturated heterocycles. The molecule has 2 aromatic rings. The van der Waals surface area contributed by atoms with Gasteiger partial charge in [0.15, 0.2) is 0 Å². The highest BCUT2D eigenvalue weighted by Crippen LogP contribution is 2.26. The van der Waals surface area contributed by atoms with Crippen molar-refractivity contribution < 1.29 is 8.78 Å². The molecule has 1 heterocycles. The average Bonchev–Trinajstić information content (AvgIpc) is 2.72. The van der Waals surface area contributed by atoms with Gasteiger partial charge in [-0.3, -0.25) is 16.0 Å². The van der Waals surface area contributed by atoms with Crippen LogP contribution < -0.4 is 11.3 Å². The zero-order valence-corrected chi connectivity index (χ0v) is 11.7. The number of hydrazine groups is 1. The Morgan fingerprint density at radius 1 is 1.42 bits per heavy atom. The lowest BCUT2D eigenvalue weighted by molar-refractivity contribution is 0.469. The number of rotatable bonds is 4. The smallest absolute Gasteiger partial charge is 0.132 e. The van der Waals surface area contributed by atoms with Gasteiger partial charge in [-0.05, 0) is 12.1 Å². The molecule has 1 unspecified atom stereocenters. The summed E-state index contributed by atoms with van der Waals surface area (Å²) in [5, 5.41) is 7.63. The molecule has 0 fully saturated rings. The lowest BCUT2D eigenvalue weighted by atomic mass is 10.0. The minimum atomic E-state index is -0.718. The van der Waals surface area contributed by atoms with Crippen LogP contribution in [0.4, 0.5) is 8.78 Å². The molecule has 1 aromatic carbocycles. The number of nitrogens with two attached hydrogens (primary N) is 1. The molecule has 0 aliphatic carbocycles. The van der Waals surface area contributed by atoms with E-state index < -0.39 is 17.7 Å². The van der Waals surface area contributed by atoms with Gasteiger partial charge in [-0.15, -0.1) is 5.10 Å². The summed E-state index contributed by atoms with van der Waals surface area (Å²) in [6, 6.07) is 1.67. The minimum absolute atomic E-state index is 0.114. The zero-order chi connectivity index (χ0) is 14.0. The van der Waals surface area contributed by atoms with Crippen molar-refractivity contribution in [2.75, 3.05) is 0 Å². The van der Waals surface area contributed by atoms with Gasteiger partial charge in [0.1, 0.15) is 11.6 Å². The molecule has 0 amide bonds. The lowest BCUT2D eigenvalue weighted by Crippen LogP contribution is -2.31. The van der Waals surface area contributed by atoms with Crippen molar-refractivity contribution in [3.8, 4) is 0 Å². The predicted octanol–water partition coefficient (Wildman–Crippen LogP) is 1.60. The first-order valence-electron chi connectivity index (χ1n) is 5.47. The van der Waals surface area contributed by atoms with Crippen molar-refractivity contribution in [2.24, 2.45) is 12.9 Å². The molecule has 0 bridgehead atoms. The summed E-state index contributed by atoms with van der Waals surface area (Å²) in [6.45, 7) is 0. The van der Waals surface area contributed by atoms with Crippen LogP contribution in [0, 0.1) is 11.6 Å². The number of halogens is 3. The molecule has 1 aromatic heterocycles. The van der Waals surface area contributed by atoms with E-state index in [2.05, 4.69) is 31.7 Å². The summed E-state index contributed by atoms with van der Waals surface area (Å²) in [7, 11) is 1.71. The van der Waals surface area contributed by atoms with Gasteiger partial charge in [0.25, 0.3) is 0 Å². The quantitative estimate of drug-likeness (QED) is 0.659. The average molecular weight is 332 g/mol. The number of hydrogen-bond donors (Lipinski definition) is 2. The van der Waals surface area contributed by atoms with Crippen LogP contribution in [0.3, 0.4) is 0 Å². The SMILES string of the molecule is Cn1cc(CC(NN)c2c(F)cc(Br)cc2F)nn1. The van der Waals surface area contributed by atoms with E-state index in [1.807, 2.05) is 0 Å². The van der Waals surface area contributed by atoms with Gasteiger partial charge in [0, 0.05) is 29.7 Å². The fourth-order valence-electron chi connectivity index (χ4n) is 1.83. The highest BCUT2D eigenvalue weighted by atomic mass is 79.9. The van der Waals surface area contributed by atoms with Crippen molar-refractivity contribution >= 4 is 15.9 Å². The van der Waals surface area contributed by atoms with Gasteiger partial charge < -0.3 is 0 Å². The van der Waals surface area contributed by atoms with Crippen molar-refractivity contribution in [1.29, 1.82) is 0 Å². The van der Waals surface area contributed by atoms with Gasteiger partial charge in [-0.2, -0.15) is 0 Å². The Morgan fingerprint density at radius 3 is 2.53 bits per heavy atom. The second-order valence-electron chi connectivity index (χ2n) is 4.09. The molecular weight excluding hydrogens is 320 g/mol. The third-order valence-electron chi connectivity index (χ3n) is 2.66. The van der Waals surface area contributed by atoms with Crippen molar-refractivity contribution in [3.63, 3.8) is 0 Å². The maximum Gasteiger partial charge on any atom is 0.132 e. The highest BCUT2D eigenvalue weighted by molar-refractivity contribution is 9.10. The number of aryl methyl sites for hydroxylation is 1. The van der Waals surface area contributed by atoms with Crippen molar-refractivity contribution in [2.45, 2.75) is 12.5 Å². The molecule has 19 heavy (non-hydrogen) atoms. The molecule has 3 N–H and O–H groups in total. The maximum absolute atomic E-state index is 13.8. The molecule has 0 saturated carbocycles. The van der Waals surface area contributed by atoms with E-state index in [1.165, 1.54) is 16.8 Å². The lowest BCUT2D eigenvalue weighted by Gasteiger charge is -2.16. The van der Waals surface area contributed by atoms with Crippen LogP contribution in [0.15, 0.2) is 22.8 Å². The Balaban J connectivity index is 2.32. The first-order valence-corrected chi connectivity index (χ1v) is 6.26. The van der Waals surface area contributed by atoms with E-state index in [0.29, 0.717) is 10.2 Å². The number of hydrogen-bond acceptors (Lipinski definition) is 4. The van der Waals surface area contributed by atoms with Crippen LogP contribution in [0.5, 0.6) is 0 Å². The van der Waals surface area contributed by atoms with Gasteiger partial charge in [0.05, 0.1) is 11.7 Å². The summed E-state index contributed by atoms with van der Waals surface area (Å²) in [5.41, 5.74) is 2.88. The number of nitrogens with zero attached hydrogens (tertiary/aromatic N) is 3. The second-order valence-corrected chi connectivity index (χ2v) is 5.01. The van der Waals surface area contributed by atoms with Gasteiger partial charge in [-0.25, -0.2) is 8.78 Å². The molecule has 1 atom stereocenters. The molecule has 5 nitrogen and oxygen atoms in total. The van der Waals surface area contributed by atoms with Crippen LogP contribution in [-0.2, 0) is 13.5 Å². The third kappa shape index (κ3) is 3.14. The Bertz CT molecular complexity index is 563. The first kappa shape index (κ1) is 14.0. The summed E-state index contributed by atoms with van der Waals surface area (Å²) in [6.07, 6.45) is 1.90. The summed E-state index contributed by atoms with van der Waals surface area (Å²) in [4.78, 5) is 0. The fraction of sp³-hybridized carbons (Fsp3) is 0.273. The summed E-state index contributed by atoms with van der Waals surface area (Å²) in [5.74, 6) is 4.05. The van der Waals surface area contributed by atoms with E-state index >= 15 is 0 Å². The van der Waals surface area contributed by atoms with Crippen molar-refractivity contribution in [3.05, 3.63) is 45.7 Å². The standard InChI is InChI=1S/C11H12BrF2N5/c1-19-5-7(17-18-19)4-10(16-15)11-8(13)2-6(12)3-9(11)14/h2-3,5,10,16H,4,15H2,1H3. The molecule has 102 valence electrons. The summed E-state index contributed by atoms with van der Waals surface area (Å²) < 4.78 is 29.5. The molecule has 8 heteroatoms. The molecule has 0 spiro atoms. The number of benzene rings is 1. The van der Waals surface area contributed by atoms with Crippen LogP contribution in [0.2, 0.25) is 0 Å². The predicted molar refractivity (Wildman–Crippen MR) is 68.8 cm³/mol. The minimum Gasteiger partial charge on any atom is -0.271 e. The monoisotopic (exact) mass is 331 g/mol. The van der Waals surface area contributed by atoms with Gasteiger partial charge in [-0.1, -0.05) is 21.1 Å².